The van der Waals surface area contributed by atoms with E-state index in [0.717, 1.165) is 59.8 Å². The van der Waals surface area contributed by atoms with Gasteiger partial charge in [0.15, 0.2) is 23.0 Å². The molecule has 0 amide bonds. The molecule has 0 spiro atoms. The Balaban J connectivity index is 0.00000625. The molecule has 10 heteroatoms. The Labute approximate surface area is 286 Å². The van der Waals surface area contributed by atoms with Crippen LogP contribution in [-0.2, 0) is 0 Å². The minimum Gasteiger partial charge on any atom is -0.493 e. The number of rotatable bonds is 18. The lowest BCUT2D eigenvalue weighted by atomic mass is 10.1. The summed E-state index contributed by atoms with van der Waals surface area (Å²) in [4.78, 5) is 13.9. The smallest absolute Gasteiger partial charge is 0.203 e. The van der Waals surface area contributed by atoms with Gasteiger partial charge in [-0.05, 0) is 61.4 Å². The van der Waals surface area contributed by atoms with E-state index in [2.05, 4.69) is 36.0 Å². The minimum atomic E-state index is 0. The van der Waals surface area contributed by atoms with E-state index in [4.69, 9.17) is 38.4 Å². The number of unbranched alkanes of at least 4 members (excludes halogenated alkanes) is 4. The number of benzene rings is 2. The maximum atomic E-state index is 5.49. The van der Waals surface area contributed by atoms with Crippen LogP contribution in [-0.4, -0.2) is 79.8 Å². The molecule has 0 bridgehead atoms. The van der Waals surface area contributed by atoms with Crippen LogP contribution in [0.1, 0.15) is 39.5 Å². The van der Waals surface area contributed by atoms with Gasteiger partial charge in [0, 0.05) is 38.3 Å². The van der Waals surface area contributed by atoms with Gasteiger partial charge >= 0.3 is 0 Å². The molecule has 0 unspecified atom stereocenters. The average Bonchev–Trinajstić information content (AvgIpc) is 3.12. The van der Waals surface area contributed by atoms with Gasteiger partial charge in [0.2, 0.25) is 11.5 Å². The van der Waals surface area contributed by atoms with Crippen molar-refractivity contribution in [2.75, 3.05) is 79.6 Å². The number of hydrogen-bond donors (Lipinski definition) is 0. The number of ether oxygens (including phenoxy) is 6. The summed E-state index contributed by atoms with van der Waals surface area (Å²) in [6.07, 6.45) is 9.69. The Morgan fingerprint density at radius 1 is 0.479 bits per heavy atom. The van der Waals surface area contributed by atoms with Gasteiger partial charge in [0.25, 0.3) is 0 Å². The van der Waals surface area contributed by atoms with Crippen molar-refractivity contribution in [2.45, 2.75) is 39.5 Å². The quantitative estimate of drug-likeness (QED) is 0.0978. The first-order chi connectivity index (χ1) is 22.9. The summed E-state index contributed by atoms with van der Waals surface area (Å²) in [7, 11) is 13.9. The van der Waals surface area contributed by atoms with Crippen molar-refractivity contribution in [3.8, 4) is 57.0 Å². The number of aromatic nitrogens is 2. The first-order valence-corrected chi connectivity index (χ1v) is 15.8. The van der Waals surface area contributed by atoms with Gasteiger partial charge in [0.1, 0.15) is 0 Å². The summed E-state index contributed by atoms with van der Waals surface area (Å²) < 4.78 is 32.9. The van der Waals surface area contributed by atoms with Gasteiger partial charge in [-0.25, -0.2) is 0 Å². The van der Waals surface area contributed by atoms with Crippen molar-refractivity contribution in [1.29, 1.82) is 0 Å². The van der Waals surface area contributed by atoms with Crippen LogP contribution in [0.2, 0.25) is 0 Å². The zero-order valence-corrected chi connectivity index (χ0v) is 29.0. The molecule has 0 saturated heterocycles. The molecule has 4 rings (SSSR count). The van der Waals surface area contributed by atoms with Crippen molar-refractivity contribution in [2.24, 2.45) is 0 Å². The van der Waals surface area contributed by atoms with E-state index in [1.54, 1.807) is 42.7 Å². The van der Waals surface area contributed by atoms with Gasteiger partial charge < -0.3 is 38.2 Å². The summed E-state index contributed by atoms with van der Waals surface area (Å²) in [6.45, 7) is 1.96. The first-order valence-electron chi connectivity index (χ1n) is 15.8. The lowest BCUT2D eigenvalue weighted by Crippen LogP contribution is -2.19. The molecule has 2 heterocycles. The summed E-state index contributed by atoms with van der Waals surface area (Å²) >= 11 is 0. The fourth-order valence-corrected chi connectivity index (χ4v) is 5.51. The molecule has 0 saturated carbocycles. The van der Waals surface area contributed by atoms with Crippen molar-refractivity contribution < 1.29 is 28.4 Å². The predicted molar refractivity (Wildman–Crippen MR) is 195 cm³/mol. The molecule has 2 aromatic heterocycles. The SMILES string of the molecule is C.COc1cc(-c2ccc(N(C)CCCCCCCN(C)c3ccc(-c4cc(OC)c(OC)c(OC)c4)nc3)cn2)cc(OC)c1OC. The van der Waals surface area contributed by atoms with Gasteiger partial charge in [-0.3, -0.25) is 9.97 Å². The molecular weight excluding hydrogens is 608 g/mol. The lowest BCUT2D eigenvalue weighted by Gasteiger charge is -2.20. The Bertz CT molecular complexity index is 1400. The van der Waals surface area contributed by atoms with Gasteiger partial charge in [-0.1, -0.05) is 26.7 Å². The fraction of sp³-hybridized carbons (Fsp3) is 0.421. The molecule has 0 N–H and O–H groups in total. The topological polar surface area (TPSA) is 87.6 Å². The van der Waals surface area contributed by atoms with Crippen molar-refractivity contribution in [1.82, 2.24) is 9.97 Å². The Kier molecular flexibility index (Phi) is 14.5. The van der Waals surface area contributed by atoms with Crippen LogP contribution in [0.25, 0.3) is 22.5 Å². The molecule has 4 aromatic rings. The molecule has 2 aromatic carbocycles. The second-order valence-electron chi connectivity index (χ2n) is 11.2. The third-order valence-electron chi connectivity index (χ3n) is 8.29. The van der Waals surface area contributed by atoms with Gasteiger partial charge in [0.05, 0.1) is 77.8 Å². The Morgan fingerprint density at radius 3 is 1.08 bits per heavy atom. The van der Waals surface area contributed by atoms with Crippen LogP contribution in [0.4, 0.5) is 11.4 Å². The van der Waals surface area contributed by atoms with E-state index in [0.29, 0.717) is 34.5 Å². The van der Waals surface area contributed by atoms with Crippen molar-refractivity contribution in [3.05, 3.63) is 60.9 Å². The normalized spacial score (nSPS) is 10.5. The molecular formula is C38H52N4O6. The largest absolute Gasteiger partial charge is 0.493 e. The highest BCUT2D eigenvalue weighted by atomic mass is 16.5. The molecule has 48 heavy (non-hydrogen) atoms. The number of methoxy groups -OCH3 is 6. The third-order valence-corrected chi connectivity index (χ3v) is 8.29. The van der Waals surface area contributed by atoms with E-state index < -0.39 is 0 Å². The number of pyridine rings is 2. The van der Waals surface area contributed by atoms with Crippen LogP contribution >= 0.6 is 0 Å². The zero-order chi connectivity index (χ0) is 33.8. The van der Waals surface area contributed by atoms with Gasteiger partial charge in [-0.2, -0.15) is 0 Å². The summed E-state index contributed by atoms with van der Waals surface area (Å²) in [5, 5.41) is 0. The van der Waals surface area contributed by atoms with Crippen LogP contribution in [0.3, 0.4) is 0 Å². The Hall–Kier alpha value is -4.86. The number of hydrogen-bond acceptors (Lipinski definition) is 10. The van der Waals surface area contributed by atoms with Crippen LogP contribution in [0.15, 0.2) is 60.9 Å². The molecule has 0 radical (unpaired) electrons. The minimum absolute atomic E-state index is 0. The van der Waals surface area contributed by atoms with E-state index in [1.165, 1.54) is 19.3 Å². The van der Waals surface area contributed by atoms with Crippen molar-refractivity contribution >= 4 is 11.4 Å². The van der Waals surface area contributed by atoms with Crippen LogP contribution in [0, 0.1) is 0 Å². The fourth-order valence-electron chi connectivity index (χ4n) is 5.51. The Morgan fingerprint density at radius 2 is 0.812 bits per heavy atom. The number of nitrogens with zero attached hydrogens (tertiary/aromatic N) is 4. The molecule has 10 nitrogen and oxygen atoms in total. The van der Waals surface area contributed by atoms with Crippen LogP contribution in [0.5, 0.6) is 34.5 Å². The molecule has 260 valence electrons. The maximum Gasteiger partial charge on any atom is 0.203 e. The predicted octanol–water partition coefficient (Wildman–Crippen LogP) is 8.02. The second-order valence-corrected chi connectivity index (χ2v) is 11.2. The molecule has 0 aliphatic heterocycles. The molecule has 0 fully saturated rings. The highest BCUT2D eigenvalue weighted by Gasteiger charge is 2.16. The molecule has 0 aliphatic carbocycles. The van der Waals surface area contributed by atoms with E-state index in [-0.39, 0.29) is 7.43 Å². The average molecular weight is 661 g/mol. The van der Waals surface area contributed by atoms with E-state index >= 15 is 0 Å². The summed E-state index contributed by atoms with van der Waals surface area (Å²) in [5.41, 5.74) is 5.68. The summed E-state index contributed by atoms with van der Waals surface area (Å²) in [5.74, 6) is 3.57. The lowest BCUT2D eigenvalue weighted by molar-refractivity contribution is 0.324. The second kappa shape index (κ2) is 18.5. The van der Waals surface area contributed by atoms with Crippen molar-refractivity contribution in [3.63, 3.8) is 0 Å². The molecule has 0 atom stereocenters. The highest BCUT2D eigenvalue weighted by molar-refractivity contribution is 5.70. The third kappa shape index (κ3) is 9.14. The first kappa shape index (κ1) is 37.6. The van der Waals surface area contributed by atoms with E-state index in [9.17, 15) is 0 Å². The maximum absolute atomic E-state index is 5.49. The van der Waals surface area contributed by atoms with E-state index in [1.807, 2.05) is 48.8 Å². The number of anilines is 2. The monoisotopic (exact) mass is 660 g/mol. The standard InChI is InChI=1S/C37H48N4O6.CH4/c1-40(28-14-16-30(38-24-28)26-20-32(42-3)36(46-7)33(21-26)43-4)18-12-10-9-11-13-19-41(2)29-15-17-31(39-25-29)27-22-34(44-5)37(47-8)35(23-27)45-6;/h14-17,20-25H,9-13,18-19H2,1-8H3;1H4. The molecule has 0 aliphatic rings. The van der Waals surface area contributed by atoms with Crippen LogP contribution < -0.4 is 38.2 Å². The summed E-state index contributed by atoms with van der Waals surface area (Å²) in [6, 6.07) is 15.9. The van der Waals surface area contributed by atoms with Gasteiger partial charge in [-0.15, -0.1) is 0 Å². The highest BCUT2D eigenvalue weighted by Crippen LogP contribution is 2.42. The zero-order valence-electron chi connectivity index (χ0n) is 29.0.